The number of halogens is 3. The molecule has 0 aliphatic carbocycles. The second kappa shape index (κ2) is 6.42. The number of aromatic hydroxyl groups is 1. The summed E-state index contributed by atoms with van der Waals surface area (Å²) in [5, 5.41) is 11.4. The normalized spacial score (nSPS) is 12.3. The van der Waals surface area contributed by atoms with E-state index >= 15 is 0 Å². The number of phenolic OH excluding ortho intramolecular Hbond substituents is 1. The maximum absolute atomic E-state index is 13.5. The maximum atomic E-state index is 13.5. The number of methoxy groups -OCH3 is 1. The number of carbonyl (C=O) groups is 1. The van der Waals surface area contributed by atoms with Crippen molar-refractivity contribution in [2.45, 2.75) is 19.4 Å². The van der Waals surface area contributed by atoms with Gasteiger partial charge in [-0.1, -0.05) is 0 Å². The summed E-state index contributed by atoms with van der Waals surface area (Å²) in [6.45, 7) is 2.03. The van der Waals surface area contributed by atoms with Crippen LogP contribution in [0.4, 0.5) is 13.2 Å². The average molecular weight is 277 g/mol. The van der Waals surface area contributed by atoms with E-state index in [1.54, 1.807) is 6.92 Å². The highest BCUT2D eigenvalue weighted by Crippen LogP contribution is 2.25. The highest BCUT2D eigenvalue weighted by molar-refractivity contribution is 5.95. The standard InChI is InChI=1S/C12H14F3NO3/c1-6(3-4-19-2)16-12(18)7-5-8(13)10(15)11(17)9(7)14/h5-6,17H,3-4H2,1-2H3,(H,16,18). The van der Waals surface area contributed by atoms with Crippen LogP contribution in [0.1, 0.15) is 23.7 Å². The number of amides is 1. The van der Waals surface area contributed by atoms with Crippen molar-refractivity contribution in [1.29, 1.82) is 0 Å². The molecule has 0 radical (unpaired) electrons. The molecule has 7 heteroatoms. The van der Waals surface area contributed by atoms with Crippen LogP contribution < -0.4 is 5.32 Å². The van der Waals surface area contributed by atoms with E-state index in [1.165, 1.54) is 7.11 Å². The van der Waals surface area contributed by atoms with Crippen LogP contribution in [0.2, 0.25) is 0 Å². The zero-order valence-corrected chi connectivity index (χ0v) is 10.5. The van der Waals surface area contributed by atoms with Crippen molar-refractivity contribution in [3.05, 3.63) is 29.1 Å². The fraction of sp³-hybridized carbons (Fsp3) is 0.417. The Morgan fingerprint density at radius 1 is 1.42 bits per heavy atom. The molecule has 4 nitrogen and oxygen atoms in total. The van der Waals surface area contributed by atoms with Crippen molar-refractivity contribution in [1.82, 2.24) is 5.32 Å². The molecule has 1 aromatic rings. The van der Waals surface area contributed by atoms with Crippen LogP contribution in [0.3, 0.4) is 0 Å². The van der Waals surface area contributed by atoms with E-state index in [9.17, 15) is 18.0 Å². The number of benzene rings is 1. The highest BCUT2D eigenvalue weighted by atomic mass is 19.2. The number of rotatable bonds is 5. The summed E-state index contributed by atoms with van der Waals surface area (Å²) in [5.74, 6) is -7.14. The fourth-order valence-electron chi connectivity index (χ4n) is 1.42. The lowest BCUT2D eigenvalue weighted by Gasteiger charge is -2.14. The second-order valence-corrected chi connectivity index (χ2v) is 4.04. The van der Waals surface area contributed by atoms with Gasteiger partial charge in [0, 0.05) is 19.8 Å². The Kier molecular flexibility index (Phi) is 5.17. The first-order valence-electron chi connectivity index (χ1n) is 5.54. The Morgan fingerprint density at radius 3 is 2.63 bits per heavy atom. The molecule has 106 valence electrons. The first-order valence-corrected chi connectivity index (χ1v) is 5.54. The van der Waals surface area contributed by atoms with E-state index in [4.69, 9.17) is 9.84 Å². The van der Waals surface area contributed by atoms with E-state index in [2.05, 4.69) is 5.32 Å². The zero-order chi connectivity index (χ0) is 14.6. The predicted octanol–water partition coefficient (Wildman–Crippen LogP) is 1.96. The molecule has 0 aromatic heterocycles. The summed E-state index contributed by atoms with van der Waals surface area (Å²) in [7, 11) is 1.49. The summed E-state index contributed by atoms with van der Waals surface area (Å²) in [5.41, 5.74) is -0.749. The molecule has 1 rings (SSSR count). The molecule has 0 aliphatic heterocycles. The number of nitrogens with one attached hydrogen (secondary N) is 1. The molecule has 2 N–H and O–H groups in total. The van der Waals surface area contributed by atoms with Crippen LogP contribution in [0, 0.1) is 17.5 Å². The molecule has 1 aromatic carbocycles. The summed E-state index contributed by atoms with van der Waals surface area (Å²) in [6.07, 6.45) is 0.472. The minimum atomic E-state index is -1.72. The lowest BCUT2D eigenvalue weighted by Crippen LogP contribution is -2.34. The van der Waals surface area contributed by atoms with Crippen LogP contribution in [0.5, 0.6) is 5.75 Å². The zero-order valence-electron chi connectivity index (χ0n) is 10.5. The second-order valence-electron chi connectivity index (χ2n) is 4.04. The Hall–Kier alpha value is -1.76. The monoisotopic (exact) mass is 277 g/mol. The third-order valence-corrected chi connectivity index (χ3v) is 2.51. The average Bonchev–Trinajstić information content (AvgIpc) is 2.37. The molecule has 0 saturated carbocycles. The summed E-state index contributed by atoms with van der Waals surface area (Å²) in [4.78, 5) is 11.7. The van der Waals surface area contributed by atoms with Crippen molar-refractivity contribution < 1.29 is 27.8 Å². The Morgan fingerprint density at radius 2 is 2.05 bits per heavy atom. The molecular formula is C12H14F3NO3. The molecule has 0 heterocycles. The molecule has 1 amide bonds. The number of ether oxygens (including phenoxy) is 1. The quantitative estimate of drug-likeness (QED) is 0.809. The van der Waals surface area contributed by atoms with Crippen LogP contribution in [0.15, 0.2) is 6.07 Å². The van der Waals surface area contributed by atoms with Gasteiger partial charge in [-0.05, 0) is 19.4 Å². The van der Waals surface area contributed by atoms with Gasteiger partial charge in [0.1, 0.15) is 0 Å². The molecular weight excluding hydrogens is 263 g/mol. The Balaban J connectivity index is 2.89. The number of hydrogen-bond donors (Lipinski definition) is 2. The largest absolute Gasteiger partial charge is 0.503 e. The first kappa shape index (κ1) is 15.3. The van der Waals surface area contributed by atoms with Gasteiger partial charge < -0.3 is 15.2 Å². The Bertz CT molecular complexity index is 480. The van der Waals surface area contributed by atoms with Gasteiger partial charge in [0.25, 0.3) is 5.91 Å². The van der Waals surface area contributed by atoms with Gasteiger partial charge in [0.05, 0.1) is 5.56 Å². The minimum Gasteiger partial charge on any atom is -0.503 e. The number of carbonyl (C=O) groups excluding carboxylic acids is 1. The number of phenols is 1. The third kappa shape index (κ3) is 3.60. The highest BCUT2D eigenvalue weighted by Gasteiger charge is 2.23. The van der Waals surface area contributed by atoms with Crippen LogP contribution in [-0.4, -0.2) is 30.8 Å². The topological polar surface area (TPSA) is 58.6 Å². The molecule has 0 fully saturated rings. The van der Waals surface area contributed by atoms with Gasteiger partial charge in [0.2, 0.25) is 5.82 Å². The van der Waals surface area contributed by atoms with Crippen LogP contribution in [0.25, 0.3) is 0 Å². The Labute approximate surface area is 108 Å². The molecule has 1 unspecified atom stereocenters. The molecule has 0 bridgehead atoms. The smallest absolute Gasteiger partial charge is 0.254 e. The fourth-order valence-corrected chi connectivity index (χ4v) is 1.42. The van der Waals surface area contributed by atoms with Gasteiger partial charge >= 0.3 is 0 Å². The van der Waals surface area contributed by atoms with E-state index in [1.807, 2.05) is 0 Å². The van der Waals surface area contributed by atoms with Gasteiger partial charge in [-0.3, -0.25) is 4.79 Å². The summed E-state index contributed by atoms with van der Waals surface area (Å²) in [6, 6.07) is 0.0602. The van der Waals surface area contributed by atoms with E-state index < -0.39 is 34.7 Å². The maximum Gasteiger partial charge on any atom is 0.254 e. The van der Waals surface area contributed by atoms with Gasteiger partial charge in [-0.15, -0.1) is 0 Å². The molecule has 0 saturated heterocycles. The lowest BCUT2D eigenvalue weighted by molar-refractivity contribution is 0.0923. The van der Waals surface area contributed by atoms with Crippen molar-refractivity contribution in [2.75, 3.05) is 13.7 Å². The molecule has 19 heavy (non-hydrogen) atoms. The van der Waals surface area contributed by atoms with Crippen molar-refractivity contribution in [3.63, 3.8) is 0 Å². The molecule has 0 spiro atoms. The first-order chi connectivity index (χ1) is 8.88. The predicted molar refractivity (Wildman–Crippen MR) is 61.4 cm³/mol. The lowest BCUT2D eigenvalue weighted by atomic mass is 10.1. The van der Waals surface area contributed by atoms with Gasteiger partial charge in [0.15, 0.2) is 17.4 Å². The van der Waals surface area contributed by atoms with Crippen LogP contribution in [-0.2, 0) is 4.74 Å². The SMILES string of the molecule is COCCC(C)NC(=O)c1cc(F)c(F)c(O)c1F. The van der Waals surface area contributed by atoms with Crippen molar-refractivity contribution >= 4 is 5.91 Å². The van der Waals surface area contributed by atoms with E-state index in [0.717, 1.165) is 0 Å². The van der Waals surface area contributed by atoms with Crippen LogP contribution >= 0.6 is 0 Å². The number of hydrogen-bond acceptors (Lipinski definition) is 3. The third-order valence-electron chi connectivity index (χ3n) is 2.51. The summed E-state index contributed by atoms with van der Waals surface area (Å²) < 4.78 is 44.1. The summed E-state index contributed by atoms with van der Waals surface area (Å²) >= 11 is 0. The molecule has 1 atom stereocenters. The van der Waals surface area contributed by atoms with Crippen molar-refractivity contribution in [2.24, 2.45) is 0 Å². The van der Waals surface area contributed by atoms with Crippen molar-refractivity contribution in [3.8, 4) is 5.75 Å². The molecule has 0 aliphatic rings. The van der Waals surface area contributed by atoms with E-state index in [0.29, 0.717) is 19.1 Å². The van der Waals surface area contributed by atoms with Gasteiger partial charge in [-0.2, -0.15) is 4.39 Å². The minimum absolute atomic E-state index is 0.345. The van der Waals surface area contributed by atoms with E-state index in [-0.39, 0.29) is 6.04 Å². The van der Waals surface area contributed by atoms with Gasteiger partial charge in [-0.25, -0.2) is 8.78 Å².